The molecule has 0 radical (unpaired) electrons. The smallest absolute Gasteiger partial charge is 0.254 e. The number of carbonyl (C=O) groups is 1. The van der Waals surface area contributed by atoms with E-state index < -0.39 is 12.2 Å². The Hall–Kier alpha value is -1.70. The van der Waals surface area contributed by atoms with Gasteiger partial charge in [0.05, 0.1) is 12.2 Å². The van der Waals surface area contributed by atoms with E-state index in [1.165, 1.54) is 0 Å². The van der Waals surface area contributed by atoms with Crippen LogP contribution in [0.5, 0.6) is 0 Å². The second kappa shape index (κ2) is 9.20. The number of aromatic nitrogens is 1. The lowest BCUT2D eigenvalue weighted by Gasteiger charge is -2.38. The minimum absolute atomic E-state index is 0.0151. The molecule has 0 aliphatic carbocycles. The van der Waals surface area contributed by atoms with Crippen LogP contribution in [0.4, 0.5) is 5.82 Å². The third-order valence-electron chi connectivity index (χ3n) is 6.25. The second-order valence-electron chi connectivity index (χ2n) is 8.16. The van der Waals surface area contributed by atoms with Gasteiger partial charge in [0.15, 0.2) is 6.10 Å². The molecule has 1 amide bonds. The molecule has 0 saturated carbocycles. The number of ether oxygens (including phenoxy) is 1. The van der Waals surface area contributed by atoms with Crippen molar-refractivity contribution in [2.24, 2.45) is 0 Å². The molecule has 0 unspecified atom stereocenters. The van der Waals surface area contributed by atoms with Gasteiger partial charge in [0.1, 0.15) is 5.82 Å². The normalized spacial score (nSPS) is 29.2. The number of hydrogen-bond acceptors (Lipinski definition) is 6. The summed E-state index contributed by atoms with van der Waals surface area (Å²) in [6.45, 7) is 6.58. The predicted molar refractivity (Wildman–Crippen MR) is 107 cm³/mol. The van der Waals surface area contributed by atoms with Crippen molar-refractivity contribution in [1.29, 1.82) is 0 Å². The minimum atomic E-state index is -0.669. The molecule has 1 N–H and O–H groups in total. The van der Waals surface area contributed by atoms with E-state index in [0.29, 0.717) is 6.42 Å². The summed E-state index contributed by atoms with van der Waals surface area (Å²) in [6.07, 6.45) is 5.10. The van der Waals surface area contributed by atoms with Crippen LogP contribution < -0.4 is 4.90 Å². The van der Waals surface area contributed by atoms with Crippen molar-refractivity contribution in [1.82, 2.24) is 14.8 Å². The standard InChI is InChI=1S/C21H32N4O3/c26-18-7-6-17(28-20(18)21(27)25-10-3-4-11-25)8-12-23-13-15-24(16-14-23)19-5-1-2-9-22-19/h1-2,5,9,17-18,20,26H,3-4,6-8,10-16H2/t17-,18-,20-/m0/s1. The van der Waals surface area contributed by atoms with Gasteiger partial charge in [-0.1, -0.05) is 6.07 Å². The lowest BCUT2D eigenvalue weighted by Crippen LogP contribution is -2.51. The summed E-state index contributed by atoms with van der Waals surface area (Å²) in [7, 11) is 0. The van der Waals surface area contributed by atoms with Crippen LogP contribution in [0.2, 0.25) is 0 Å². The first-order valence-corrected chi connectivity index (χ1v) is 10.7. The van der Waals surface area contributed by atoms with E-state index in [4.69, 9.17) is 4.74 Å². The summed E-state index contributed by atoms with van der Waals surface area (Å²) in [5.41, 5.74) is 0. The van der Waals surface area contributed by atoms with Crippen molar-refractivity contribution in [2.45, 2.75) is 50.4 Å². The van der Waals surface area contributed by atoms with Crippen LogP contribution in [0.25, 0.3) is 0 Å². The maximum absolute atomic E-state index is 12.7. The molecule has 28 heavy (non-hydrogen) atoms. The van der Waals surface area contributed by atoms with Gasteiger partial charge in [0.2, 0.25) is 0 Å². The van der Waals surface area contributed by atoms with E-state index in [-0.39, 0.29) is 12.0 Å². The number of nitrogens with zero attached hydrogens (tertiary/aromatic N) is 4. The number of hydrogen-bond donors (Lipinski definition) is 1. The molecular formula is C21H32N4O3. The fourth-order valence-corrected chi connectivity index (χ4v) is 4.49. The molecule has 3 atom stereocenters. The Labute approximate surface area is 167 Å². The van der Waals surface area contributed by atoms with Crippen LogP contribution in [-0.2, 0) is 9.53 Å². The highest BCUT2D eigenvalue weighted by Gasteiger charge is 2.38. The van der Waals surface area contributed by atoms with E-state index >= 15 is 0 Å². The second-order valence-corrected chi connectivity index (χ2v) is 8.16. The quantitative estimate of drug-likeness (QED) is 0.815. The van der Waals surface area contributed by atoms with Gasteiger partial charge >= 0.3 is 0 Å². The number of aliphatic hydroxyl groups excluding tert-OH is 1. The minimum Gasteiger partial charge on any atom is -0.390 e. The Morgan fingerprint density at radius 1 is 1.11 bits per heavy atom. The van der Waals surface area contributed by atoms with E-state index in [1.54, 1.807) is 0 Å². The van der Waals surface area contributed by atoms with Gasteiger partial charge < -0.3 is 19.6 Å². The summed E-state index contributed by atoms with van der Waals surface area (Å²) < 4.78 is 6.07. The number of rotatable bonds is 5. The molecule has 0 aromatic carbocycles. The number of amides is 1. The fourth-order valence-electron chi connectivity index (χ4n) is 4.49. The van der Waals surface area contributed by atoms with Crippen molar-refractivity contribution in [3.8, 4) is 0 Å². The number of aliphatic hydroxyl groups is 1. The maximum atomic E-state index is 12.7. The first-order chi connectivity index (χ1) is 13.7. The number of piperazine rings is 1. The van der Waals surface area contributed by atoms with Crippen LogP contribution in [0, 0.1) is 0 Å². The van der Waals surface area contributed by atoms with Crippen LogP contribution in [0.15, 0.2) is 24.4 Å². The third-order valence-corrected chi connectivity index (χ3v) is 6.25. The van der Waals surface area contributed by atoms with Crippen molar-refractivity contribution in [3.63, 3.8) is 0 Å². The van der Waals surface area contributed by atoms with E-state index in [2.05, 4.69) is 20.9 Å². The largest absolute Gasteiger partial charge is 0.390 e. The number of likely N-dealkylation sites (tertiary alicyclic amines) is 1. The lowest BCUT2D eigenvalue weighted by molar-refractivity contribution is -0.167. The summed E-state index contributed by atoms with van der Waals surface area (Å²) >= 11 is 0. The van der Waals surface area contributed by atoms with Crippen molar-refractivity contribution >= 4 is 11.7 Å². The lowest BCUT2D eigenvalue weighted by atomic mass is 9.98. The molecule has 4 rings (SSSR count). The molecule has 0 bridgehead atoms. The van der Waals surface area contributed by atoms with Gasteiger partial charge in [-0.05, 0) is 44.2 Å². The molecule has 3 saturated heterocycles. The molecule has 3 aliphatic rings. The first kappa shape index (κ1) is 19.6. The Balaban J connectivity index is 1.22. The number of anilines is 1. The molecule has 7 heteroatoms. The Bertz CT molecular complexity index is 630. The van der Waals surface area contributed by atoms with Crippen LogP contribution in [0.3, 0.4) is 0 Å². The summed E-state index contributed by atoms with van der Waals surface area (Å²) in [6, 6.07) is 6.04. The molecule has 7 nitrogen and oxygen atoms in total. The van der Waals surface area contributed by atoms with E-state index in [9.17, 15) is 9.90 Å². The van der Waals surface area contributed by atoms with Gasteiger partial charge in [0.25, 0.3) is 5.91 Å². The molecule has 1 aromatic heterocycles. The zero-order chi connectivity index (χ0) is 19.3. The molecule has 1 aromatic rings. The van der Waals surface area contributed by atoms with Gasteiger partial charge in [-0.3, -0.25) is 9.69 Å². The average molecular weight is 389 g/mol. The fraction of sp³-hybridized carbons (Fsp3) is 0.714. The van der Waals surface area contributed by atoms with Crippen LogP contribution >= 0.6 is 0 Å². The Morgan fingerprint density at radius 3 is 2.61 bits per heavy atom. The zero-order valence-corrected chi connectivity index (χ0v) is 16.6. The van der Waals surface area contributed by atoms with Gasteiger partial charge in [-0.25, -0.2) is 4.98 Å². The SMILES string of the molecule is O=C([C@H]1O[C@H](CCN2CCN(c3ccccn3)CC2)CC[C@@H]1O)N1CCCC1. The first-order valence-electron chi connectivity index (χ1n) is 10.7. The molecule has 4 heterocycles. The molecule has 154 valence electrons. The maximum Gasteiger partial charge on any atom is 0.254 e. The highest BCUT2D eigenvalue weighted by atomic mass is 16.5. The molecule has 3 aliphatic heterocycles. The van der Waals surface area contributed by atoms with Gasteiger partial charge in [-0.15, -0.1) is 0 Å². The summed E-state index contributed by atoms with van der Waals surface area (Å²) in [5, 5.41) is 10.3. The van der Waals surface area contributed by atoms with Gasteiger partial charge in [0, 0.05) is 52.0 Å². The topological polar surface area (TPSA) is 69.1 Å². The molecular weight excluding hydrogens is 356 g/mol. The van der Waals surface area contributed by atoms with Crippen LogP contribution in [-0.4, -0.2) is 89.9 Å². The number of carbonyl (C=O) groups excluding carboxylic acids is 1. The Morgan fingerprint density at radius 2 is 1.89 bits per heavy atom. The molecule has 3 fully saturated rings. The van der Waals surface area contributed by atoms with Crippen molar-refractivity contribution in [3.05, 3.63) is 24.4 Å². The van der Waals surface area contributed by atoms with Gasteiger partial charge in [-0.2, -0.15) is 0 Å². The summed E-state index contributed by atoms with van der Waals surface area (Å²) in [4.78, 5) is 23.7. The van der Waals surface area contributed by atoms with E-state index in [1.807, 2.05) is 23.2 Å². The van der Waals surface area contributed by atoms with Crippen LogP contribution in [0.1, 0.15) is 32.1 Å². The van der Waals surface area contributed by atoms with Crippen molar-refractivity contribution in [2.75, 3.05) is 50.7 Å². The zero-order valence-electron chi connectivity index (χ0n) is 16.6. The monoisotopic (exact) mass is 388 g/mol. The predicted octanol–water partition coefficient (Wildman–Crippen LogP) is 1.12. The highest BCUT2D eigenvalue weighted by molar-refractivity contribution is 5.82. The number of pyridine rings is 1. The third kappa shape index (κ3) is 4.64. The summed E-state index contributed by atoms with van der Waals surface area (Å²) in [5.74, 6) is 1.04. The molecule has 0 spiro atoms. The average Bonchev–Trinajstić information content (AvgIpc) is 3.29. The van der Waals surface area contributed by atoms with E-state index in [0.717, 1.165) is 77.3 Å². The van der Waals surface area contributed by atoms with Crippen molar-refractivity contribution < 1.29 is 14.6 Å². The Kier molecular flexibility index (Phi) is 6.44. The highest BCUT2D eigenvalue weighted by Crippen LogP contribution is 2.25.